The van der Waals surface area contributed by atoms with Crippen LogP contribution in [0.1, 0.15) is 11.4 Å². The molecule has 0 spiro atoms. The number of thiazole rings is 1. The first-order chi connectivity index (χ1) is 11.3. The van der Waals surface area contributed by atoms with Crippen LogP contribution in [0.3, 0.4) is 0 Å². The number of nitrogens with one attached hydrogen (secondary N) is 1. The van der Waals surface area contributed by atoms with Crippen molar-refractivity contribution in [1.29, 1.82) is 5.26 Å². The summed E-state index contributed by atoms with van der Waals surface area (Å²) in [5.74, 6) is 1.07. The lowest BCUT2D eigenvalue weighted by atomic mass is 10.3. The quantitative estimate of drug-likeness (QED) is 0.483. The summed E-state index contributed by atoms with van der Waals surface area (Å²) in [5, 5.41) is 13.9. The largest absolute Gasteiger partial charge is 0.385 e. The van der Waals surface area contributed by atoms with E-state index in [0.29, 0.717) is 5.01 Å². The third kappa shape index (κ3) is 4.61. The second-order valence-corrected chi connectivity index (χ2v) is 8.13. The van der Waals surface area contributed by atoms with E-state index in [1.54, 1.807) is 10.8 Å². The third-order valence-electron chi connectivity index (χ3n) is 3.00. The number of fused-ring (bicyclic) bond motifs is 1. The highest BCUT2D eigenvalue weighted by Crippen LogP contribution is 2.29. The molecule has 0 fully saturated rings. The Morgan fingerprint density at radius 2 is 2.22 bits per heavy atom. The van der Waals surface area contributed by atoms with Gasteiger partial charge in [-0.3, -0.25) is 0 Å². The van der Waals surface area contributed by atoms with E-state index in [1.807, 2.05) is 47.3 Å². The lowest BCUT2D eigenvalue weighted by Crippen LogP contribution is -2.01. The summed E-state index contributed by atoms with van der Waals surface area (Å²) >= 11 is 1.43. The zero-order chi connectivity index (χ0) is 15.9. The Morgan fingerprint density at radius 3 is 3.04 bits per heavy atom. The normalized spacial score (nSPS) is 10.6. The van der Waals surface area contributed by atoms with Crippen molar-refractivity contribution in [3.05, 3.63) is 47.6 Å². The Bertz CT molecular complexity index is 811. The Kier molecular flexibility index (Phi) is 5.75. The number of benzene rings is 1. The van der Waals surface area contributed by atoms with E-state index in [0.717, 1.165) is 39.6 Å². The Morgan fingerprint density at radius 1 is 1.26 bits per heavy atom. The number of anilines is 1. The van der Waals surface area contributed by atoms with Crippen molar-refractivity contribution in [1.82, 2.24) is 9.97 Å². The molecule has 0 aliphatic heterocycles. The van der Waals surface area contributed by atoms with Gasteiger partial charge in [0.2, 0.25) is 0 Å². The van der Waals surface area contributed by atoms with Gasteiger partial charge in [0, 0.05) is 24.2 Å². The summed E-state index contributed by atoms with van der Waals surface area (Å²) < 4.78 is 1.05. The van der Waals surface area contributed by atoms with Crippen LogP contribution in [-0.4, -0.2) is 22.3 Å². The van der Waals surface area contributed by atoms with Crippen LogP contribution in [-0.2, 0) is 0 Å². The fourth-order valence-corrected chi connectivity index (χ4v) is 4.71. The van der Waals surface area contributed by atoms with E-state index in [-0.39, 0.29) is 0 Å². The second-order valence-electron chi connectivity index (χ2n) is 4.67. The molecule has 7 heteroatoms. The molecule has 1 N–H and O–H groups in total. The highest BCUT2D eigenvalue weighted by atomic mass is 33.1. The molecule has 0 saturated heterocycles. The van der Waals surface area contributed by atoms with Crippen molar-refractivity contribution in [2.75, 3.05) is 17.6 Å². The number of nitriles is 1. The maximum Gasteiger partial charge on any atom is 0.195 e. The lowest BCUT2D eigenvalue weighted by Gasteiger charge is -2.06. The summed E-state index contributed by atoms with van der Waals surface area (Å²) in [6, 6.07) is 14.1. The minimum Gasteiger partial charge on any atom is -0.385 e. The first-order valence-corrected chi connectivity index (χ1v) is 10.2. The van der Waals surface area contributed by atoms with Gasteiger partial charge in [-0.1, -0.05) is 16.9 Å². The number of hydrogen-bond donors (Lipinski definition) is 1. The van der Waals surface area contributed by atoms with Gasteiger partial charge in [-0.15, -0.1) is 11.3 Å². The van der Waals surface area contributed by atoms with Gasteiger partial charge in [-0.25, -0.2) is 9.97 Å². The Labute approximate surface area is 146 Å². The predicted octanol–water partition coefficient (Wildman–Crippen LogP) is 4.81. The molecule has 0 atom stereocenters. The van der Waals surface area contributed by atoms with Crippen molar-refractivity contribution in [2.45, 2.75) is 11.4 Å². The van der Waals surface area contributed by atoms with Crippen LogP contribution < -0.4 is 5.32 Å². The summed E-state index contributed by atoms with van der Waals surface area (Å²) in [7, 11) is 3.53. The minimum absolute atomic E-state index is 0.514. The van der Waals surface area contributed by atoms with E-state index in [2.05, 4.69) is 27.4 Å². The van der Waals surface area contributed by atoms with Gasteiger partial charge in [0.25, 0.3) is 0 Å². The number of aromatic nitrogens is 2. The van der Waals surface area contributed by atoms with E-state index >= 15 is 0 Å². The molecule has 0 saturated carbocycles. The van der Waals surface area contributed by atoms with Crippen molar-refractivity contribution < 1.29 is 0 Å². The van der Waals surface area contributed by atoms with E-state index in [4.69, 9.17) is 5.26 Å². The van der Waals surface area contributed by atoms with Gasteiger partial charge in [0.05, 0.1) is 10.2 Å². The molecule has 2 aromatic heterocycles. The highest BCUT2D eigenvalue weighted by Gasteiger charge is 2.03. The first-order valence-electron chi connectivity index (χ1n) is 7.10. The number of hydrogen-bond acceptors (Lipinski definition) is 7. The molecule has 2 heterocycles. The van der Waals surface area contributed by atoms with E-state index in [9.17, 15) is 0 Å². The zero-order valence-corrected chi connectivity index (χ0v) is 14.7. The highest BCUT2D eigenvalue weighted by molar-refractivity contribution is 8.76. The van der Waals surface area contributed by atoms with E-state index < -0.39 is 0 Å². The summed E-state index contributed by atoms with van der Waals surface area (Å²) in [6.45, 7) is 0.922. The molecule has 0 amide bonds. The Balaban J connectivity index is 1.41. The molecule has 116 valence electrons. The van der Waals surface area contributed by atoms with Crippen LogP contribution in [0, 0.1) is 11.3 Å². The van der Waals surface area contributed by atoms with Gasteiger partial charge in [0.1, 0.15) is 11.1 Å². The maximum atomic E-state index is 8.89. The second kappa shape index (κ2) is 8.20. The fraction of sp³-hybridized carbons (Fsp3) is 0.188. The first kappa shape index (κ1) is 16.1. The fourth-order valence-electron chi connectivity index (χ4n) is 1.94. The summed E-state index contributed by atoms with van der Waals surface area (Å²) in [4.78, 5) is 8.52. The van der Waals surface area contributed by atoms with Crippen LogP contribution in [0.2, 0.25) is 0 Å². The summed E-state index contributed by atoms with van der Waals surface area (Å²) in [6.07, 6.45) is 2.90. The molecule has 23 heavy (non-hydrogen) atoms. The number of rotatable bonds is 7. The van der Waals surface area contributed by atoms with Crippen molar-refractivity contribution in [2.24, 2.45) is 0 Å². The minimum atomic E-state index is 0.514. The third-order valence-corrected chi connectivity index (χ3v) is 6.27. The zero-order valence-electron chi connectivity index (χ0n) is 12.2. The van der Waals surface area contributed by atoms with Crippen LogP contribution in [0.25, 0.3) is 10.2 Å². The van der Waals surface area contributed by atoms with Crippen molar-refractivity contribution in [3.8, 4) is 6.07 Å². The van der Waals surface area contributed by atoms with Gasteiger partial charge < -0.3 is 5.32 Å². The van der Waals surface area contributed by atoms with Crippen LogP contribution >= 0.6 is 32.9 Å². The van der Waals surface area contributed by atoms with Gasteiger partial charge >= 0.3 is 0 Å². The van der Waals surface area contributed by atoms with E-state index in [1.165, 1.54) is 11.3 Å². The van der Waals surface area contributed by atoms with Crippen LogP contribution in [0.4, 0.5) is 5.69 Å². The number of pyridine rings is 1. The monoisotopic (exact) mass is 358 g/mol. The standard InChI is InChI=1S/C16H14N4S3/c17-11-16-20-13-6-5-12(10-14(13)22-16)18-8-3-9-21-23-15-4-1-2-7-19-15/h1-2,4-7,10,18H,3,8-9H2. The van der Waals surface area contributed by atoms with Gasteiger partial charge in [0.15, 0.2) is 5.01 Å². The average Bonchev–Trinajstić information content (AvgIpc) is 3.01. The summed E-state index contributed by atoms with van der Waals surface area (Å²) in [5.41, 5.74) is 1.97. The van der Waals surface area contributed by atoms with Crippen LogP contribution in [0.15, 0.2) is 47.6 Å². The molecule has 0 radical (unpaired) electrons. The predicted molar refractivity (Wildman–Crippen MR) is 100.0 cm³/mol. The Hall–Kier alpha value is -1.75. The molecule has 3 rings (SSSR count). The molecule has 4 nitrogen and oxygen atoms in total. The van der Waals surface area contributed by atoms with Crippen molar-refractivity contribution >= 4 is 48.8 Å². The SMILES string of the molecule is N#Cc1nc2ccc(NCCCSSc3ccccn3)cc2s1. The smallest absolute Gasteiger partial charge is 0.195 e. The molecule has 0 aliphatic rings. The lowest BCUT2D eigenvalue weighted by molar-refractivity contribution is 0.995. The molecule has 1 aromatic carbocycles. The van der Waals surface area contributed by atoms with Gasteiger partial charge in [-0.2, -0.15) is 5.26 Å². The molecular weight excluding hydrogens is 344 g/mol. The van der Waals surface area contributed by atoms with Crippen LogP contribution in [0.5, 0.6) is 0 Å². The molecule has 0 bridgehead atoms. The molecule has 3 aromatic rings. The maximum absolute atomic E-state index is 8.89. The molecular formula is C16H14N4S3. The topological polar surface area (TPSA) is 61.6 Å². The van der Waals surface area contributed by atoms with Gasteiger partial charge in [-0.05, 0) is 47.5 Å². The van der Waals surface area contributed by atoms with Crippen molar-refractivity contribution in [3.63, 3.8) is 0 Å². The number of nitrogens with zero attached hydrogens (tertiary/aromatic N) is 3. The average molecular weight is 359 g/mol. The molecule has 0 aliphatic carbocycles. The molecule has 0 unspecified atom stereocenters.